The van der Waals surface area contributed by atoms with Gasteiger partial charge in [0.2, 0.25) is 15.9 Å². The molecule has 1 aliphatic heterocycles. The van der Waals surface area contributed by atoms with Crippen molar-refractivity contribution in [1.82, 2.24) is 9.62 Å². The molecule has 0 aromatic heterocycles. The number of hydrogen-bond donors (Lipinski definition) is 1. The van der Waals surface area contributed by atoms with E-state index >= 15 is 0 Å². The fraction of sp³-hybridized carbons (Fsp3) is 0.435. The van der Waals surface area contributed by atoms with Crippen molar-refractivity contribution in [1.29, 1.82) is 0 Å². The maximum absolute atomic E-state index is 13.6. The van der Waals surface area contributed by atoms with Gasteiger partial charge in [-0.3, -0.25) is 4.79 Å². The quantitative estimate of drug-likeness (QED) is 0.674. The molecule has 0 aliphatic carbocycles. The van der Waals surface area contributed by atoms with Crippen LogP contribution in [-0.4, -0.2) is 45.4 Å². The van der Waals surface area contributed by atoms with Crippen molar-refractivity contribution >= 4 is 15.9 Å². The number of carbonyl (C=O) groups excluding carboxylic acids is 1. The number of methoxy groups -OCH3 is 2. The van der Waals surface area contributed by atoms with Crippen molar-refractivity contribution in [3.05, 3.63) is 53.6 Å². The van der Waals surface area contributed by atoms with Gasteiger partial charge in [0.05, 0.1) is 19.1 Å². The molecule has 0 fully saturated rings. The van der Waals surface area contributed by atoms with E-state index in [1.807, 2.05) is 24.3 Å². The first-order chi connectivity index (χ1) is 14.8. The highest BCUT2D eigenvalue weighted by atomic mass is 32.2. The zero-order valence-electron chi connectivity index (χ0n) is 18.4. The van der Waals surface area contributed by atoms with Crippen molar-refractivity contribution in [3.8, 4) is 11.5 Å². The van der Waals surface area contributed by atoms with E-state index in [4.69, 9.17) is 9.47 Å². The molecule has 0 saturated heterocycles. The molecule has 0 saturated carbocycles. The lowest BCUT2D eigenvalue weighted by Crippen LogP contribution is -2.52. The summed E-state index contributed by atoms with van der Waals surface area (Å²) in [4.78, 5) is 13.1. The van der Waals surface area contributed by atoms with E-state index < -0.39 is 16.1 Å². The van der Waals surface area contributed by atoms with Gasteiger partial charge in [0.15, 0.2) is 11.5 Å². The third-order valence-corrected chi connectivity index (χ3v) is 7.34. The fourth-order valence-electron chi connectivity index (χ4n) is 3.69. The molecule has 168 valence electrons. The summed E-state index contributed by atoms with van der Waals surface area (Å²) in [6.07, 6.45) is 1.16. The number of nitrogens with zero attached hydrogens (tertiary/aromatic N) is 1. The van der Waals surface area contributed by atoms with E-state index in [0.717, 1.165) is 17.5 Å². The molecule has 1 unspecified atom stereocenters. The van der Waals surface area contributed by atoms with Gasteiger partial charge in [-0.15, -0.1) is 0 Å². The summed E-state index contributed by atoms with van der Waals surface area (Å²) in [5, 5.41) is 2.92. The number of carbonyl (C=O) groups is 1. The molecule has 1 atom stereocenters. The second-order valence-corrected chi connectivity index (χ2v) is 9.92. The summed E-state index contributed by atoms with van der Waals surface area (Å²) in [6, 6.07) is 11.3. The lowest BCUT2D eigenvalue weighted by Gasteiger charge is -2.35. The van der Waals surface area contributed by atoms with Gasteiger partial charge in [-0.05, 0) is 42.0 Å². The first kappa shape index (κ1) is 23.1. The Kier molecular flexibility index (Phi) is 7.23. The van der Waals surface area contributed by atoms with E-state index in [2.05, 4.69) is 19.2 Å². The van der Waals surface area contributed by atoms with E-state index in [0.29, 0.717) is 30.4 Å². The standard InChI is InChI=1S/C23H30N2O5S/c1-16(2)11-12-24-23(26)20-13-17-7-5-6-8-18(17)15-25(20)31(27,28)19-9-10-21(29-3)22(14-19)30-4/h5-10,14,16,20H,11-13,15H2,1-4H3,(H,24,26). The van der Waals surface area contributed by atoms with Crippen molar-refractivity contribution in [2.24, 2.45) is 5.92 Å². The lowest BCUT2D eigenvalue weighted by molar-refractivity contribution is -0.125. The molecule has 2 aromatic rings. The van der Waals surface area contributed by atoms with Crippen molar-refractivity contribution in [2.75, 3.05) is 20.8 Å². The van der Waals surface area contributed by atoms with Crippen molar-refractivity contribution in [3.63, 3.8) is 0 Å². The van der Waals surface area contributed by atoms with Gasteiger partial charge in [0, 0.05) is 19.2 Å². The van der Waals surface area contributed by atoms with E-state index in [1.54, 1.807) is 6.07 Å². The molecule has 1 heterocycles. The summed E-state index contributed by atoms with van der Waals surface area (Å²) >= 11 is 0. The Hall–Kier alpha value is -2.58. The average molecular weight is 447 g/mol. The van der Waals surface area contributed by atoms with E-state index in [-0.39, 0.29) is 17.3 Å². The van der Waals surface area contributed by atoms with Gasteiger partial charge in [-0.25, -0.2) is 8.42 Å². The predicted octanol–water partition coefficient (Wildman–Crippen LogP) is 2.98. The average Bonchev–Trinajstić information content (AvgIpc) is 2.77. The Morgan fingerprint density at radius 1 is 1.10 bits per heavy atom. The van der Waals surface area contributed by atoms with Gasteiger partial charge < -0.3 is 14.8 Å². The smallest absolute Gasteiger partial charge is 0.244 e. The number of amides is 1. The first-order valence-corrected chi connectivity index (χ1v) is 11.8. The highest BCUT2D eigenvalue weighted by molar-refractivity contribution is 7.89. The van der Waals surface area contributed by atoms with Gasteiger partial charge >= 0.3 is 0 Å². The van der Waals surface area contributed by atoms with Crippen LogP contribution in [0.5, 0.6) is 11.5 Å². The number of rotatable bonds is 8. The molecule has 2 aromatic carbocycles. The summed E-state index contributed by atoms with van der Waals surface area (Å²) < 4.78 is 39.0. The number of ether oxygens (including phenoxy) is 2. The molecular weight excluding hydrogens is 416 g/mol. The largest absolute Gasteiger partial charge is 0.493 e. The minimum Gasteiger partial charge on any atom is -0.493 e. The summed E-state index contributed by atoms with van der Waals surface area (Å²) in [5.74, 6) is 0.922. The number of sulfonamides is 1. The van der Waals surface area contributed by atoms with Crippen LogP contribution < -0.4 is 14.8 Å². The normalized spacial score (nSPS) is 16.6. The zero-order chi connectivity index (χ0) is 22.6. The van der Waals surface area contributed by atoms with Crippen LogP contribution in [0.25, 0.3) is 0 Å². The number of fused-ring (bicyclic) bond motifs is 1. The molecule has 3 rings (SSSR count). The molecule has 8 heteroatoms. The molecule has 7 nitrogen and oxygen atoms in total. The zero-order valence-corrected chi connectivity index (χ0v) is 19.2. The minimum atomic E-state index is -3.96. The van der Waals surface area contributed by atoms with Gasteiger partial charge in [0.1, 0.15) is 6.04 Å². The Morgan fingerprint density at radius 3 is 2.42 bits per heavy atom. The second kappa shape index (κ2) is 9.70. The summed E-state index contributed by atoms with van der Waals surface area (Å²) in [6.45, 7) is 4.81. The van der Waals surface area contributed by atoms with Crippen LogP contribution >= 0.6 is 0 Å². The SMILES string of the molecule is COc1ccc(S(=O)(=O)N2Cc3ccccc3CC2C(=O)NCCC(C)C)cc1OC. The van der Waals surface area contributed by atoms with Crippen molar-refractivity contribution < 1.29 is 22.7 Å². The summed E-state index contributed by atoms with van der Waals surface area (Å²) in [5.41, 5.74) is 1.89. The highest BCUT2D eigenvalue weighted by Gasteiger charge is 2.39. The molecule has 1 amide bonds. The molecule has 1 aliphatic rings. The first-order valence-electron chi connectivity index (χ1n) is 10.4. The minimum absolute atomic E-state index is 0.0597. The maximum Gasteiger partial charge on any atom is 0.244 e. The number of benzene rings is 2. The van der Waals surface area contributed by atoms with Crippen LogP contribution in [0.2, 0.25) is 0 Å². The number of nitrogens with one attached hydrogen (secondary N) is 1. The predicted molar refractivity (Wildman–Crippen MR) is 119 cm³/mol. The fourth-order valence-corrected chi connectivity index (χ4v) is 5.27. The highest BCUT2D eigenvalue weighted by Crippen LogP contribution is 2.34. The molecular formula is C23H30N2O5S. The van der Waals surface area contributed by atoms with Crippen LogP contribution in [0.4, 0.5) is 0 Å². The Balaban J connectivity index is 1.97. The molecule has 0 radical (unpaired) electrons. The molecule has 1 N–H and O–H groups in total. The third-order valence-electron chi connectivity index (χ3n) is 5.49. The maximum atomic E-state index is 13.6. The van der Waals surface area contributed by atoms with Crippen LogP contribution in [-0.2, 0) is 27.8 Å². The molecule has 0 spiro atoms. The van der Waals surface area contributed by atoms with Crippen LogP contribution in [0.15, 0.2) is 47.4 Å². The van der Waals surface area contributed by atoms with Gasteiger partial charge in [-0.1, -0.05) is 38.1 Å². The Labute approximate surface area is 184 Å². The molecule has 31 heavy (non-hydrogen) atoms. The monoisotopic (exact) mass is 446 g/mol. The van der Waals surface area contributed by atoms with Crippen molar-refractivity contribution in [2.45, 2.75) is 44.2 Å². The van der Waals surface area contributed by atoms with Gasteiger partial charge in [-0.2, -0.15) is 4.31 Å². The van der Waals surface area contributed by atoms with E-state index in [1.165, 1.54) is 30.7 Å². The van der Waals surface area contributed by atoms with E-state index in [9.17, 15) is 13.2 Å². The summed E-state index contributed by atoms with van der Waals surface area (Å²) in [7, 11) is -1.02. The lowest BCUT2D eigenvalue weighted by atomic mass is 9.95. The number of hydrogen-bond acceptors (Lipinski definition) is 5. The third kappa shape index (κ3) is 5.02. The second-order valence-electron chi connectivity index (χ2n) is 8.03. The van der Waals surface area contributed by atoms with Crippen LogP contribution in [0.3, 0.4) is 0 Å². The van der Waals surface area contributed by atoms with Gasteiger partial charge in [0.25, 0.3) is 0 Å². The Morgan fingerprint density at radius 2 is 1.77 bits per heavy atom. The van der Waals surface area contributed by atoms with Crippen LogP contribution in [0, 0.1) is 5.92 Å². The molecule has 0 bridgehead atoms. The van der Waals surface area contributed by atoms with Crippen LogP contribution in [0.1, 0.15) is 31.4 Å². The topological polar surface area (TPSA) is 84.9 Å². The Bertz CT molecular complexity index is 1040.